The van der Waals surface area contributed by atoms with Crippen LogP contribution in [-0.4, -0.2) is 26.3 Å². The second-order valence-electron chi connectivity index (χ2n) is 3.23. The highest BCUT2D eigenvalue weighted by molar-refractivity contribution is 5.72. The van der Waals surface area contributed by atoms with E-state index in [0.717, 1.165) is 12.0 Å². The van der Waals surface area contributed by atoms with Crippen LogP contribution in [0.1, 0.15) is 12.0 Å². The molecule has 0 unspecified atom stereocenters. The van der Waals surface area contributed by atoms with Crippen LogP contribution in [0.15, 0.2) is 30.3 Å². The Morgan fingerprint density at radius 3 is 2.60 bits per heavy atom. The largest absolute Gasteiger partial charge is 0.465 e. The number of esters is 1. The maximum atomic E-state index is 11.3. The summed E-state index contributed by atoms with van der Waals surface area (Å²) >= 11 is 0. The van der Waals surface area contributed by atoms with E-state index in [1.165, 1.54) is 0 Å². The van der Waals surface area contributed by atoms with E-state index < -0.39 is 0 Å². The van der Waals surface area contributed by atoms with Gasteiger partial charge in [0.1, 0.15) is 0 Å². The summed E-state index contributed by atoms with van der Waals surface area (Å²) in [6.07, 6.45) is 1.09. The van der Waals surface area contributed by atoms with E-state index in [9.17, 15) is 4.79 Å². The molecule has 3 nitrogen and oxygen atoms in total. The molecule has 82 valence electrons. The quantitative estimate of drug-likeness (QED) is 0.528. The summed E-state index contributed by atoms with van der Waals surface area (Å²) in [5.74, 6) is -0.183. The second-order valence-corrected chi connectivity index (χ2v) is 3.23. The van der Waals surface area contributed by atoms with E-state index in [0.29, 0.717) is 19.6 Å². The van der Waals surface area contributed by atoms with Gasteiger partial charge in [0, 0.05) is 20.1 Å². The van der Waals surface area contributed by atoms with Crippen LogP contribution in [0.2, 0.25) is 0 Å². The Morgan fingerprint density at radius 2 is 1.93 bits per heavy atom. The maximum Gasteiger partial charge on any atom is 0.310 e. The molecule has 0 N–H and O–H groups in total. The molecule has 0 aromatic heterocycles. The summed E-state index contributed by atoms with van der Waals surface area (Å²) in [6.45, 7) is 1.05. The second kappa shape index (κ2) is 7.01. The molecule has 0 amide bonds. The van der Waals surface area contributed by atoms with Gasteiger partial charge in [-0.05, 0) is 5.56 Å². The minimum Gasteiger partial charge on any atom is -0.465 e. The number of carbonyl (C=O) groups is 1. The fraction of sp³-hybridized carbons (Fsp3) is 0.417. The van der Waals surface area contributed by atoms with Crippen molar-refractivity contribution in [2.75, 3.05) is 20.3 Å². The first-order valence-electron chi connectivity index (χ1n) is 5.01. The molecule has 0 saturated carbocycles. The Balaban J connectivity index is 2.19. The Hall–Kier alpha value is -1.35. The molecule has 0 saturated heterocycles. The van der Waals surface area contributed by atoms with Gasteiger partial charge in [-0.2, -0.15) is 0 Å². The molecule has 0 aliphatic heterocycles. The van der Waals surface area contributed by atoms with Gasteiger partial charge in [-0.25, -0.2) is 0 Å². The van der Waals surface area contributed by atoms with Gasteiger partial charge in [-0.1, -0.05) is 30.3 Å². The third-order valence-electron chi connectivity index (χ3n) is 1.95. The van der Waals surface area contributed by atoms with Gasteiger partial charge in [0.2, 0.25) is 0 Å². The van der Waals surface area contributed by atoms with Crippen LogP contribution >= 0.6 is 0 Å². The first kappa shape index (κ1) is 11.7. The highest BCUT2D eigenvalue weighted by atomic mass is 16.5. The minimum absolute atomic E-state index is 0.183. The van der Waals surface area contributed by atoms with E-state index in [1.807, 2.05) is 30.3 Å². The average Bonchev–Trinajstić information content (AvgIpc) is 2.26. The summed E-state index contributed by atoms with van der Waals surface area (Å²) in [5, 5.41) is 0. The highest BCUT2D eigenvalue weighted by Crippen LogP contribution is 2.00. The molecular weight excluding hydrogens is 192 g/mol. The number of benzene rings is 1. The summed E-state index contributed by atoms with van der Waals surface area (Å²) in [7, 11) is 1.63. The summed E-state index contributed by atoms with van der Waals surface area (Å²) in [6, 6.07) is 9.57. The molecule has 0 radical (unpaired) electrons. The predicted molar refractivity (Wildman–Crippen MR) is 57.6 cm³/mol. The van der Waals surface area contributed by atoms with Crippen molar-refractivity contribution in [3.8, 4) is 0 Å². The lowest BCUT2D eigenvalue weighted by molar-refractivity contribution is -0.143. The fourth-order valence-corrected chi connectivity index (χ4v) is 1.20. The summed E-state index contributed by atoms with van der Waals surface area (Å²) in [5.41, 5.74) is 0.981. The average molecular weight is 208 g/mol. The molecular formula is C12H16O3. The molecule has 0 bridgehead atoms. The van der Waals surface area contributed by atoms with Gasteiger partial charge in [-0.3, -0.25) is 4.79 Å². The fourth-order valence-electron chi connectivity index (χ4n) is 1.20. The Kier molecular flexibility index (Phi) is 5.48. The van der Waals surface area contributed by atoms with Gasteiger partial charge < -0.3 is 9.47 Å². The first-order valence-corrected chi connectivity index (χ1v) is 5.01. The number of rotatable bonds is 6. The molecule has 15 heavy (non-hydrogen) atoms. The van der Waals surface area contributed by atoms with Crippen molar-refractivity contribution in [1.29, 1.82) is 0 Å². The Morgan fingerprint density at radius 1 is 1.20 bits per heavy atom. The first-order chi connectivity index (χ1) is 7.33. The van der Waals surface area contributed by atoms with Crippen molar-refractivity contribution in [2.24, 2.45) is 0 Å². The number of hydrogen-bond donors (Lipinski definition) is 0. The lowest BCUT2D eigenvalue weighted by atomic mass is 10.2. The lowest BCUT2D eigenvalue weighted by Crippen LogP contribution is -2.10. The van der Waals surface area contributed by atoms with Crippen molar-refractivity contribution in [3.63, 3.8) is 0 Å². The van der Waals surface area contributed by atoms with E-state index >= 15 is 0 Å². The van der Waals surface area contributed by atoms with Crippen molar-refractivity contribution in [1.82, 2.24) is 0 Å². The molecule has 0 fully saturated rings. The van der Waals surface area contributed by atoms with Crippen LogP contribution in [-0.2, 0) is 20.7 Å². The van der Waals surface area contributed by atoms with Gasteiger partial charge in [0.25, 0.3) is 0 Å². The van der Waals surface area contributed by atoms with Gasteiger partial charge in [0.05, 0.1) is 13.0 Å². The molecule has 0 spiro atoms. The van der Waals surface area contributed by atoms with E-state index in [-0.39, 0.29) is 5.97 Å². The Bertz CT molecular complexity index is 282. The third kappa shape index (κ3) is 5.18. The molecule has 0 aliphatic rings. The van der Waals surface area contributed by atoms with Crippen molar-refractivity contribution < 1.29 is 14.3 Å². The standard InChI is InChI=1S/C12H16O3/c1-14-8-5-9-15-12(13)10-11-6-3-2-4-7-11/h2-4,6-7H,5,8-10H2,1H3. The molecule has 0 atom stereocenters. The molecule has 3 heteroatoms. The topological polar surface area (TPSA) is 35.5 Å². The SMILES string of the molecule is COCCCOC(=O)Cc1ccccc1. The van der Waals surface area contributed by atoms with Crippen LogP contribution in [0.4, 0.5) is 0 Å². The molecule has 1 aromatic rings. The Labute approximate surface area is 90.0 Å². The number of methoxy groups -OCH3 is 1. The van der Waals surface area contributed by atoms with Crippen molar-refractivity contribution >= 4 is 5.97 Å². The van der Waals surface area contributed by atoms with Gasteiger partial charge in [0.15, 0.2) is 0 Å². The lowest BCUT2D eigenvalue weighted by Gasteiger charge is -2.04. The zero-order chi connectivity index (χ0) is 10.9. The zero-order valence-corrected chi connectivity index (χ0v) is 8.94. The third-order valence-corrected chi connectivity index (χ3v) is 1.95. The monoisotopic (exact) mass is 208 g/mol. The van der Waals surface area contributed by atoms with Crippen molar-refractivity contribution in [2.45, 2.75) is 12.8 Å². The minimum atomic E-state index is -0.183. The smallest absolute Gasteiger partial charge is 0.310 e. The van der Waals surface area contributed by atoms with Crippen LogP contribution in [0, 0.1) is 0 Å². The van der Waals surface area contributed by atoms with Crippen LogP contribution in [0.3, 0.4) is 0 Å². The zero-order valence-electron chi connectivity index (χ0n) is 8.94. The number of carbonyl (C=O) groups excluding carboxylic acids is 1. The maximum absolute atomic E-state index is 11.3. The van der Waals surface area contributed by atoms with Crippen LogP contribution in [0.5, 0.6) is 0 Å². The van der Waals surface area contributed by atoms with Crippen molar-refractivity contribution in [3.05, 3.63) is 35.9 Å². The molecule has 1 aromatic carbocycles. The summed E-state index contributed by atoms with van der Waals surface area (Å²) < 4.78 is 9.88. The number of ether oxygens (including phenoxy) is 2. The highest BCUT2D eigenvalue weighted by Gasteiger charge is 2.03. The molecule has 1 rings (SSSR count). The van der Waals surface area contributed by atoms with Crippen LogP contribution in [0.25, 0.3) is 0 Å². The molecule has 0 heterocycles. The van der Waals surface area contributed by atoms with E-state index in [1.54, 1.807) is 7.11 Å². The summed E-state index contributed by atoms with van der Waals surface area (Å²) in [4.78, 5) is 11.3. The van der Waals surface area contributed by atoms with Crippen LogP contribution < -0.4 is 0 Å². The van der Waals surface area contributed by atoms with E-state index in [2.05, 4.69) is 0 Å². The van der Waals surface area contributed by atoms with Gasteiger partial charge in [-0.15, -0.1) is 0 Å². The number of hydrogen-bond acceptors (Lipinski definition) is 3. The normalized spacial score (nSPS) is 9.93. The predicted octanol–water partition coefficient (Wildman–Crippen LogP) is 1.81. The van der Waals surface area contributed by atoms with E-state index in [4.69, 9.17) is 9.47 Å². The van der Waals surface area contributed by atoms with Gasteiger partial charge >= 0.3 is 5.97 Å². The molecule has 0 aliphatic carbocycles.